The second kappa shape index (κ2) is 7.27. The Labute approximate surface area is 108 Å². The number of aliphatic hydroxyl groups is 1. The third-order valence-corrected chi connectivity index (χ3v) is 3.18. The van der Waals surface area contributed by atoms with Crippen molar-refractivity contribution in [2.75, 3.05) is 6.54 Å². The maximum absolute atomic E-state index is 12.1. The summed E-state index contributed by atoms with van der Waals surface area (Å²) in [5.41, 5.74) is 0. The molecule has 0 aliphatic rings. The Hall–Kier alpha value is -1.21. The summed E-state index contributed by atoms with van der Waals surface area (Å²) >= 11 is 1.03. The highest BCUT2D eigenvalue weighted by molar-refractivity contribution is 7.12. The molecule has 0 aliphatic heterocycles. The van der Waals surface area contributed by atoms with E-state index in [1.165, 1.54) is 11.4 Å². The topological polar surface area (TPSA) is 58.6 Å². The molecule has 1 aromatic rings. The van der Waals surface area contributed by atoms with Gasteiger partial charge in [0, 0.05) is 6.54 Å². The van der Waals surface area contributed by atoms with Gasteiger partial charge in [-0.05, 0) is 24.3 Å². The van der Waals surface area contributed by atoms with Gasteiger partial charge < -0.3 is 15.2 Å². The summed E-state index contributed by atoms with van der Waals surface area (Å²) in [6, 6.07) is 1.33. The fraction of sp³-hybridized carbons (Fsp3) is 0.545. The van der Waals surface area contributed by atoms with Crippen LogP contribution in [0, 0.1) is 0 Å². The van der Waals surface area contributed by atoms with Crippen molar-refractivity contribution in [2.45, 2.75) is 32.5 Å². The van der Waals surface area contributed by atoms with Gasteiger partial charge in [-0.25, -0.2) is 0 Å². The van der Waals surface area contributed by atoms with Crippen molar-refractivity contribution in [1.29, 1.82) is 0 Å². The van der Waals surface area contributed by atoms with Crippen molar-refractivity contribution in [1.82, 2.24) is 5.32 Å². The highest BCUT2D eigenvalue weighted by Gasteiger charge is 2.17. The first-order valence-electron chi connectivity index (χ1n) is 5.53. The summed E-state index contributed by atoms with van der Waals surface area (Å²) in [5.74, 6) is -0.590. The zero-order valence-electron chi connectivity index (χ0n) is 9.86. The molecule has 0 fully saturated rings. The van der Waals surface area contributed by atoms with Crippen LogP contribution >= 0.6 is 11.3 Å². The Bertz CT molecular complexity index is 384. The minimum atomic E-state index is -2.95. The molecule has 2 N–H and O–H groups in total. The molecule has 0 saturated heterocycles. The minimum Gasteiger partial charge on any atom is -0.433 e. The molecule has 1 rings (SSSR count). The predicted molar refractivity (Wildman–Crippen MR) is 64.2 cm³/mol. The molecule has 1 aromatic heterocycles. The van der Waals surface area contributed by atoms with Crippen LogP contribution < -0.4 is 10.1 Å². The SMILES string of the molecule is CCC(O)CCNC(=O)c1sccc1OC(F)F. The third kappa shape index (κ3) is 4.58. The van der Waals surface area contributed by atoms with E-state index in [9.17, 15) is 18.7 Å². The first kappa shape index (κ1) is 14.8. The first-order chi connectivity index (χ1) is 8.54. The maximum atomic E-state index is 12.1. The number of thiophene rings is 1. The number of hydrogen-bond acceptors (Lipinski definition) is 4. The van der Waals surface area contributed by atoms with E-state index in [0.29, 0.717) is 19.4 Å². The van der Waals surface area contributed by atoms with E-state index in [2.05, 4.69) is 10.1 Å². The molecule has 102 valence electrons. The second-order valence-electron chi connectivity index (χ2n) is 3.60. The van der Waals surface area contributed by atoms with Gasteiger partial charge in [0.05, 0.1) is 6.10 Å². The Balaban J connectivity index is 2.48. The van der Waals surface area contributed by atoms with Crippen LogP contribution in [0.25, 0.3) is 0 Å². The van der Waals surface area contributed by atoms with Crippen molar-refractivity contribution in [2.24, 2.45) is 0 Å². The fourth-order valence-electron chi connectivity index (χ4n) is 1.29. The van der Waals surface area contributed by atoms with Crippen molar-refractivity contribution < 1.29 is 23.4 Å². The van der Waals surface area contributed by atoms with E-state index in [-0.39, 0.29) is 10.6 Å². The smallest absolute Gasteiger partial charge is 0.387 e. The number of rotatable bonds is 7. The van der Waals surface area contributed by atoms with Crippen molar-refractivity contribution in [3.05, 3.63) is 16.3 Å². The molecule has 1 heterocycles. The lowest BCUT2D eigenvalue weighted by Gasteiger charge is -2.09. The van der Waals surface area contributed by atoms with E-state index >= 15 is 0 Å². The van der Waals surface area contributed by atoms with E-state index in [0.717, 1.165) is 11.3 Å². The standard InChI is InChI=1S/C11H15F2NO3S/c1-2-7(15)3-5-14-10(16)9-8(4-6-18-9)17-11(12)13/h4,6-7,11,15H,2-3,5H2,1H3,(H,14,16). The molecule has 4 nitrogen and oxygen atoms in total. The monoisotopic (exact) mass is 279 g/mol. The summed E-state index contributed by atoms with van der Waals surface area (Å²) < 4.78 is 28.3. The van der Waals surface area contributed by atoms with Crippen LogP contribution in [0.15, 0.2) is 11.4 Å². The van der Waals surface area contributed by atoms with Gasteiger partial charge in [-0.2, -0.15) is 8.78 Å². The van der Waals surface area contributed by atoms with Crippen molar-refractivity contribution >= 4 is 17.2 Å². The van der Waals surface area contributed by atoms with Crippen LogP contribution in [0.3, 0.4) is 0 Å². The molecule has 1 atom stereocenters. The molecule has 0 bridgehead atoms. The van der Waals surface area contributed by atoms with Gasteiger partial charge in [0.1, 0.15) is 10.6 Å². The first-order valence-corrected chi connectivity index (χ1v) is 6.41. The van der Waals surface area contributed by atoms with Gasteiger partial charge >= 0.3 is 6.61 Å². The number of amides is 1. The zero-order chi connectivity index (χ0) is 13.5. The number of carbonyl (C=O) groups is 1. The summed E-state index contributed by atoms with van der Waals surface area (Å²) in [4.78, 5) is 11.8. The van der Waals surface area contributed by atoms with Gasteiger partial charge in [0.25, 0.3) is 5.91 Å². The van der Waals surface area contributed by atoms with Crippen LogP contribution in [0.1, 0.15) is 29.4 Å². The largest absolute Gasteiger partial charge is 0.433 e. The fourth-order valence-corrected chi connectivity index (χ4v) is 2.03. The quantitative estimate of drug-likeness (QED) is 0.804. The number of hydrogen-bond donors (Lipinski definition) is 2. The van der Waals surface area contributed by atoms with E-state index < -0.39 is 18.6 Å². The van der Waals surface area contributed by atoms with Gasteiger partial charge in [-0.15, -0.1) is 11.3 Å². The molecule has 0 aromatic carbocycles. The minimum absolute atomic E-state index is 0.112. The lowest BCUT2D eigenvalue weighted by atomic mass is 10.2. The number of nitrogens with one attached hydrogen (secondary N) is 1. The highest BCUT2D eigenvalue weighted by atomic mass is 32.1. The van der Waals surface area contributed by atoms with E-state index in [1.54, 1.807) is 0 Å². The molecular formula is C11H15F2NO3S. The lowest BCUT2D eigenvalue weighted by molar-refractivity contribution is -0.0498. The summed E-state index contributed by atoms with van der Waals surface area (Å²) in [5, 5.41) is 13.4. The lowest BCUT2D eigenvalue weighted by Crippen LogP contribution is -2.26. The van der Waals surface area contributed by atoms with Crippen LogP contribution in [0.4, 0.5) is 8.78 Å². The third-order valence-electron chi connectivity index (χ3n) is 2.29. The average molecular weight is 279 g/mol. The maximum Gasteiger partial charge on any atom is 0.387 e. The van der Waals surface area contributed by atoms with Crippen molar-refractivity contribution in [3.8, 4) is 5.75 Å². The molecule has 1 unspecified atom stereocenters. The van der Waals surface area contributed by atoms with E-state index in [4.69, 9.17) is 0 Å². The van der Waals surface area contributed by atoms with Gasteiger partial charge in [-0.1, -0.05) is 6.92 Å². The molecule has 0 saturated carbocycles. The predicted octanol–water partition coefficient (Wildman–Crippen LogP) is 2.24. The Morgan fingerprint density at radius 3 is 2.94 bits per heavy atom. The van der Waals surface area contributed by atoms with Gasteiger partial charge in [-0.3, -0.25) is 4.79 Å². The Morgan fingerprint density at radius 2 is 2.33 bits per heavy atom. The summed E-state index contributed by atoms with van der Waals surface area (Å²) in [6.07, 6.45) is 0.568. The van der Waals surface area contributed by atoms with Crippen LogP contribution in [0.5, 0.6) is 5.75 Å². The molecule has 1 amide bonds. The van der Waals surface area contributed by atoms with E-state index in [1.807, 2.05) is 6.92 Å². The second-order valence-corrected chi connectivity index (χ2v) is 4.52. The zero-order valence-corrected chi connectivity index (χ0v) is 10.7. The molecule has 18 heavy (non-hydrogen) atoms. The number of carbonyl (C=O) groups excluding carboxylic acids is 1. The molecule has 0 aliphatic carbocycles. The highest BCUT2D eigenvalue weighted by Crippen LogP contribution is 2.26. The average Bonchev–Trinajstić information content (AvgIpc) is 2.75. The molecule has 0 radical (unpaired) electrons. The van der Waals surface area contributed by atoms with Crippen LogP contribution in [-0.4, -0.2) is 30.3 Å². The number of aliphatic hydroxyl groups excluding tert-OH is 1. The van der Waals surface area contributed by atoms with Gasteiger partial charge in [0.2, 0.25) is 0 Å². The normalized spacial score (nSPS) is 12.5. The number of alkyl halides is 2. The Morgan fingerprint density at radius 1 is 1.61 bits per heavy atom. The molecule has 0 spiro atoms. The van der Waals surface area contributed by atoms with Crippen LogP contribution in [0.2, 0.25) is 0 Å². The summed E-state index contributed by atoms with van der Waals surface area (Å²) in [7, 11) is 0. The van der Waals surface area contributed by atoms with Gasteiger partial charge in [0.15, 0.2) is 0 Å². The number of halogens is 2. The van der Waals surface area contributed by atoms with Crippen molar-refractivity contribution in [3.63, 3.8) is 0 Å². The molecular weight excluding hydrogens is 264 g/mol. The van der Waals surface area contributed by atoms with Crippen LogP contribution in [-0.2, 0) is 0 Å². The Kier molecular flexibility index (Phi) is 6.00. The summed E-state index contributed by atoms with van der Waals surface area (Å²) in [6.45, 7) is -0.826. The number of ether oxygens (including phenoxy) is 1. The molecule has 7 heteroatoms.